The number of allylic oxidation sites excluding steroid dienone is 3. The lowest BCUT2D eigenvalue weighted by Crippen LogP contribution is -2.37. The van der Waals surface area contributed by atoms with Gasteiger partial charge >= 0.3 is 0 Å². The van der Waals surface area contributed by atoms with E-state index in [0.29, 0.717) is 17.1 Å². The van der Waals surface area contributed by atoms with Crippen molar-refractivity contribution in [2.75, 3.05) is 24.6 Å². The van der Waals surface area contributed by atoms with Crippen LogP contribution in [-0.4, -0.2) is 68.4 Å². The molecule has 0 saturated carbocycles. The first-order chi connectivity index (χ1) is 16.4. The number of rotatable bonds is 4. The Hall–Kier alpha value is -2.04. The van der Waals surface area contributed by atoms with Gasteiger partial charge in [0.25, 0.3) is 0 Å². The van der Waals surface area contributed by atoms with E-state index in [1.807, 2.05) is 18.4 Å². The molecule has 1 N–H and O–H groups in total. The van der Waals surface area contributed by atoms with Crippen molar-refractivity contribution >= 4 is 28.6 Å². The minimum atomic E-state index is -0.760. The van der Waals surface area contributed by atoms with Crippen LogP contribution >= 0.6 is 11.6 Å². The summed E-state index contributed by atoms with van der Waals surface area (Å²) in [6.45, 7) is 5.33. The largest absolute Gasteiger partial charge is 0.394 e. The monoisotopic (exact) mass is 487 g/mol. The first-order valence-corrected chi connectivity index (χ1v) is 12.4. The summed E-state index contributed by atoms with van der Waals surface area (Å²) in [5, 5.41) is 10.0. The number of hydrogen-bond donors (Lipinski definition) is 1. The quantitative estimate of drug-likeness (QED) is 0.656. The smallest absolute Gasteiger partial charge is 0.226 e. The van der Waals surface area contributed by atoms with Gasteiger partial charge in [0, 0.05) is 19.0 Å². The maximum absolute atomic E-state index is 9.85. The predicted octanol–water partition coefficient (Wildman–Crippen LogP) is 3.38. The van der Waals surface area contributed by atoms with Crippen LogP contribution in [0.2, 0.25) is 5.28 Å². The molecule has 3 fully saturated rings. The zero-order chi connectivity index (χ0) is 23.4. The van der Waals surface area contributed by atoms with Crippen molar-refractivity contribution in [3.8, 4) is 0 Å². The van der Waals surface area contributed by atoms with Crippen molar-refractivity contribution in [2.24, 2.45) is 5.92 Å². The normalized spacial score (nSPS) is 32.9. The number of ether oxygens (including phenoxy) is 3. The van der Waals surface area contributed by atoms with Gasteiger partial charge in [0.2, 0.25) is 5.28 Å². The standard InChI is InChI=1S/C24H30ClN5O4/c1-24(2)33-18-16(12-31)32-22(19(18)34-24)30-13-26-17-20(27-23(25)28-21(17)30)29-10-6-9-15(11-29)14-7-4-3-5-8-14/h4,7-8,13,15-16,18-19,22,31H,3,5-6,9-12H2,1-2H3. The van der Waals surface area contributed by atoms with Crippen LogP contribution in [0.15, 0.2) is 30.1 Å². The summed E-state index contributed by atoms with van der Waals surface area (Å²) in [5.74, 6) is 0.451. The zero-order valence-electron chi connectivity index (χ0n) is 19.4. The molecule has 0 aromatic carbocycles. The number of aliphatic hydroxyl groups excluding tert-OH is 1. The molecule has 2 aromatic rings. The minimum absolute atomic E-state index is 0.163. The van der Waals surface area contributed by atoms with Crippen LogP contribution in [-0.2, 0) is 14.2 Å². The highest BCUT2D eigenvalue weighted by molar-refractivity contribution is 6.28. The molecule has 0 radical (unpaired) electrons. The van der Waals surface area contributed by atoms with Gasteiger partial charge in [0.05, 0.1) is 12.9 Å². The van der Waals surface area contributed by atoms with Crippen LogP contribution in [0.25, 0.3) is 11.2 Å². The van der Waals surface area contributed by atoms with Gasteiger partial charge in [-0.3, -0.25) is 4.57 Å². The highest BCUT2D eigenvalue weighted by atomic mass is 35.5. The van der Waals surface area contributed by atoms with Crippen molar-refractivity contribution in [2.45, 2.75) is 69.9 Å². The minimum Gasteiger partial charge on any atom is -0.394 e. The van der Waals surface area contributed by atoms with Gasteiger partial charge in [0.1, 0.15) is 18.3 Å². The highest BCUT2D eigenvalue weighted by Crippen LogP contribution is 2.44. The van der Waals surface area contributed by atoms with E-state index >= 15 is 0 Å². The predicted molar refractivity (Wildman–Crippen MR) is 127 cm³/mol. The van der Waals surface area contributed by atoms with Gasteiger partial charge < -0.3 is 24.2 Å². The maximum atomic E-state index is 9.85. The summed E-state index contributed by atoms with van der Waals surface area (Å²) < 4.78 is 20.1. The molecule has 1 aliphatic carbocycles. The number of halogens is 1. The average molecular weight is 488 g/mol. The van der Waals surface area contributed by atoms with E-state index < -0.39 is 24.2 Å². The second-order valence-corrected chi connectivity index (χ2v) is 10.3. The highest BCUT2D eigenvalue weighted by Gasteiger charge is 2.56. The summed E-state index contributed by atoms with van der Waals surface area (Å²) >= 11 is 6.43. The Morgan fingerprint density at radius 1 is 1.21 bits per heavy atom. The van der Waals surface area contributed by atoms with E-state index in [9.17, 15) is 5.11 Å². The number of fused-ring (bicyclic) bond motifs is 2. The second kappa shape index (κ2) is 8.57. The first-order valence-electron chi connectivity index (χ1n) is 12.1. The van der Waals surface area contributed by atoms with Crippen molar-refractivity contribution in [3.05, 3.63) is 35.4 Å². The van der Waals surface area contributed by atoms with E-state index in [4.69, 9.17) is 25.8 Å². The average Bonchev–Trinajstić information content (AvgIpc) is 3.49. The molecular formula is C24H30ClN5O4. The van der Waals surface area contributed by atoms with Gasteiger partial charge in [-0.1, -0.05) is 18.2 Å². The van der Waals surface area contributed by atoms with Gasteiger partial charge in [-0.25, -0.2) is 4.98 Å². The molecule has 182 valence electrons. The van der Waals surface area contributed by atoms with Crippen molar-refractivity contribution in [3.63, 3.8) is 0 Å². The Bertz CT molecular complexity index is 1150. The topological polar surface area (TPSA) is 94.8 Å². The fourth-order valence-electron chi connectivity index (χ4n) is 5.69. The van der Waals surface area contributed by atoms with E-state index in [1.54, 1.807) is 6.33 Å². The molecule has 3 saturated heterocycles. The number of anilines is 1. The fourth-order valence-corrected chi connectivity index (χ4v) is 5.85. The summed E-state index contributed by atoms with van der Waals surface area (Å²) in [7, 11) is 0. The Kier molecular flexibility index (Phi) is 5.65. The number of aromatic nitrogens is 4. The van der Waals surface area contributed by atoms with Crippen molar-refractivity contribution < 1.29 is 19.3 Å². The second-order valence-electron chi connectivity index (χ2n) is 9.92. The van der Waals surface area contributed by atoms with Crippen LogP contribution < -0.4 is 4.90 Å². The van der Waals surface area contributed by atoms with Crippen molar-refractivity contribution in [1.82, 2.24) is 19.5 Å². The first kappa shape index (κ1) is 22.4. The molecule has 5 unspecified atom stereocenters. The SMILES string of the molecule is CC1(C)OC2C(CO)OC(n3cnc4c(N5CCCC(C6=CCCC=C6)C5)nc(Cl)nc43)C2O1. The third-order valence-electron chi connectivity index (χ3n) is 7.17. The third kappa shape index (κ3) is 3.83. The summed E-state index contributed by atoms with van der Waals surface area (Å²) in [6.07, 6.45) is 11.3. The molecule has 9 nitrogen and oxygen atoms in total. The van der Waals surface area contributed by atoms with Gasteiger partial charge in [-0.2, -0.15) is 9.97 Å². The lowest BCUT2D eigenvalue weighted by molar-refractivity contribution is -0.199. The van der Waals surface area contributed by atoms with E-state index in [2.05, 4.69) is 38.1 Å². The number of nitrogens with zero attached hydrogens (tertiary/aromatic N) is 5. The zero-order valence-corrected chi connectivity index (χ0v) is 20.2. The molecule has 0 spiro atoms. The molecular weight excluding hydrogens is 458 g/mol. The molecule has 4 aliphatic rings. The van der Waals surface area contributed by atoms with Crippen molar-refractivity contribution in [1.29, 1.82) is 0 Å². The molecule has 5 heterocycles. The van der Waals surface area contributed by atoms with Crippen LogP contribution in [0.5, 0.6) is 0 Å². The Balaban J connectivity index is 1.34. The van der Waals surface area contributed by atoms with Crippen LogP contribution in [0, 0.1) is 5.92 Å². The molecule has 2 aromatic heterocycles. The molecule has 3 aliphatic heterocycles. The van der Waals surface area contributed by atoms with E-state index in [1.165, 1.54) is 5.57 Å². The molecule has 34 heavy (non-hydrogen) atoms. The van der Waals surface area contributed by atoms with Gasteiger partial charge in [-0.05, 0) is 56.7 Å². The van der Waals surface area contributed by atoms with E-state index in [0.717, 1.165) is 44.6 Å². The molecule has 0 amide bonds. The lowest BCUT2D eigenvalue weighted by atomic mass is 9.87. The summed E-state index contributed by atoms with van der Waals surface area (Å²) in [6, 6.07) is 0. The fraction of sp³-hybridized carbons (Fsp3) is 0.625. The van der Waals surface area contributed by atoms with Gasteiger partial charge in [-0.15, -0.1) is 0 Å². The summed E-state index contributed by atoms with van der Waals surface area (Å²) in [5.41, 5.74) is 2.69. The Morgan fingerprint density at radius 3 is 2.85 bits per heavy atom. The van der Waals surface area contributed by atoms with E-state index in [-0.39, 0.29) is 18.0 Å². The Labute approximate surface area is 203 Å². The Morgan fingerprint density at radius 2 is 2.06 bits per heavy atom. The third-order valence-corrected chi connectivity index (χ3v) is 7.34. The molecule has 0 bridgehead atoms. The number of aliphatic hydroxyl groups is 1. The number of imidazole rings is 1. The number of piperidine rings is 1. The van der Waals surface area contributed by atoms with Gasteiger partial charge in [0.15, 0.2) is 29.0 Å². The molecule has 6 rings (SSSR count). The number of hydrogen-bond acceptors (Lipinski definition) is 8. The van der Waals surface area contributed by atoms with Crippen LogP contribution in [0.1, 0.15) is 45.8 Å². The van der Waals surface area contributed by atoms with Crippen LogP contribution in [0.3, 0.4) is 0 Å². The summed E-state index contributed by atoms with van der Waals surface area (Å²) in [4.78, 5) is 16.1. The molecule has 5 atom stereocenters. The van der Waals surface area contributed by atoms with Crippen LogP contribution in [0.4, 0.5) is 5.82 Å². The lowest BCUT2D eigenvalue weighted by Gasteiger charge is -2.34. The molecule has 10 heteroatoms. The maximum Gasteiger partial charge on any atom is 0.226 e.